The second-order valence-electron chi connectivity index (χ2n) is 9.46. The number of rotatable bonds is 14. The van der Waals surface area contributed by atoms with Gasteiger partial charge >= 0.3 is 5.97 Å². The van der Waals surface area contributed by atoms with Crippen molar-refractivity contribution in [2.45, 2.75) is 87.6 Å². The fourth-order valence-corrected chi connectivity index (χ4v) is 6.20. The van der Waals surface area contributed by atoms with Crippen molar-refractivity contribution in [1.29, 1.82) is 0 Å². The Bertz CT molecular complexity index is 882. The quantitative estimate of drug-likeness (QED) is 0.251. The highest BCUT2D eigenvalue weighted by Gasteiger charge is 2.29. The third-order valence-electron chi connectivity index (χ3n) is 6.19. The fraction of sp³-hybridized carbons (Fsp3) is 0.680. The van der Waals surface area contributed by atoms with E-state index in [9.17, 15) is 9.90 Å². The lowest BCUT2D eigenvalue weighted by atomic mass is 10.1. The molecule has 2 aromatic rings. The van der Waals surface area contributed by atoms with E-state index >= 15 is 0 Å². The van der Waals surface area contributed by atoms with Crippen LogP contribution in [0, 0.1) is 0 Å². The normalized spacial score (nSPS) is 14.4. The van der Waals surface area contributed by atoms with Gasteiger partial charge in [-0.1, -0.05) is 44.4 Å². The highest BCUT2D eigenvalue weighted by Crippen LogP contribution is 2.34. The van der Waals surface area contributed by atoms with Crippen molar-refractivity contribution >= 4 is 40.7 Å². The average Bonchev–Trinajstić information content (AvgIpc) is 3.28. The van der Waals surface area contributed by atoms with Crippen LogP contribution < -0.4 is 9.80 Å². The van der Waals surface area contributed by atoms with Gasteiger partial charge in [-0.15, -0.1) is 11.3 Å². The number of carboxylic acid groups (broad SMARTS) is 1. The molecule has 1 fully saturated rings. The van der Waals surface area contributed by atoms with Gasteiger partial charge in [-0.2, -0.15) is 0 Å². The van der Waals surface area contributed by atoms with Crippen LogP contribution in [0.3, 0.4) is 0 Å². The van der Waals surface area contributed by atoms with Crippen LogP contribution in [0.4, 0.5) is 11.6 Å². The first-order valence-corrected chi connectivity index (χ1v) is 14.3. The molecule has 0 aliphatic carbocycles. The van der Waals surface area contributed by atoms with Gasteiger partial charge in [0.05, 0.1) is 23.8 Å². The van der Waals surface area contributed by atoms with Crippen molar-refractivity contribution in [2.24, 2.45) is 0 Å². The van der Waals surface area contributed by atoms with Gasteiger partial charge in [-0.05, 0) is 39.5 Å². The third kappa shape index (κ3) is 8.12. The number of aromatic nitrogens is 3. The molecule has 0 spiro atoms. The maximum absolute atomic E-state index is 11.4. The predicted octanol–water partition coefficient (Wildman–Crippen LogP) is 5.90. The van der Waals surface area contributed by atoms with Crippen LogP contribution in [0.5, 0.6) is 0 Å². The Balaban J connectivity index is 1.62. The van der Waals surface area contributed by atoms with Gasteiger partial charge in [-0.3, -0.25) is 4.79 Å². The topological polar surface area (TPSA) is 82.5 Å². The van der Waals surface area contributed by atoms with Gasteiger partial charge in [0.2, 0.25) is 5.95 Å². The van der Waals surface area contributed by atoms with Crippen LogP contribution in [0.2, 0.25) is 0 Å². The molecular formula is C25H39N5O2S2. The summed E-state index contributed by atoms with van der Waals surface area (Å²) in [6.45, 7) is 9.58. The summed E-state index contributed by atoms with van der Waals surface area (Å²) >= 11 is 2.83. The Morgan fingerprint density at radius 3 is 2.50 bits per heavy atom. The van der Waals surface area contributed by atoms with Crippen molar-refractivity contribution in [3.05, 3.63) is 23.5 Å². The highest BCUT2D eigenvalue weighted by molar-refractivity contribution is 8.02. The van der Waals surface area contributed by atoms with Gasteiger partial charge in [-0.25, -0.2) is 15.0 Å². The van der Waals surface area contributed by atoms with Crippen molar-refractivity contribution in [2.75, 3.05) is 36.0 Å². The first-order valence-electron chi connectivity index (χ1n) is 12.6. The number of anilines is 2. The summed E-state index contributed by atoms with van der Waals surface area (Å²) in [6.07, 6.45) is 14.7. The van der Waals surface area contributed by atoms with Gasteiger partial charge in [0, 0.05) is 38.0 Å². The zero-order valence-corrected chi connectivity index (χ0v) is 22.5. The molecule has 0 aromatic carbocycles. The van der Waals surface area contributed by atoms with Gasteiger partial charge in [0.15, 0.2) is 4.34 Å². The van der Waals surface area contributed by atoms with Crippen LogP contribution in [0.15, 0.2) is 22.1 Å². The molecule has 0 bridgehead atoms. The molecule has 1 N–H and O–H groups in total. The molecule has 0 amide bonds. The molecular weight excluding hydrogens is 466 g/mol. The summed E-state index contributed by atoms with van der Waals surface area (Å²) in [6, 6.07) is 0. The van der Waals surface area contributed by atoms with E-state index in [4.69, 9.17) is 9.97 Å². The number of unbranched alkanes of at least 4 members (excludes halogenated alkanes) is 4. The maximum Gasteiger partial charge on any atom is 0.319 e. The first kappa shape index (κ1) is 26.7. The highest BCUT2D eigenvalue weighted by atomic mass is 32.2. The van der Waals surface area contributed by atoms with Gasteiger partial charge in [0.25, 0.3) is 0 Å². The van der Waals surface area contributed by atoms with E-state index in [-0.39, 0.29) is 0 Å². The maximum atomic E-state index is 11.4. The Morgan fingerprint density at radius 1 is 1.12 bits per heavy atom. The number of aliphatic carboxylic acids is 1. The summed E-state index contributed by atoms with van der Waals surface area (Å²) in [5.74, 6) is -0.0401. The second kappa shape index (κ2) is 13.3. The molecule has 1 saturated heterocycles. The van der Waals surface area contributed by atoms with E-state index < -0.39 is 10.7 Å². The molecule has 188 valence electrons. The minimum atomic E-state index is -0.885. The molecule has 0 radical (unpaired) electrons. The number of thiazole rings is 1. The van der Waals surface area contributed by atoms with Crippen molar-refractivity contribution in [3.63, 3.8) is 0 Å². The number of nitrogens with zero attached hydrogens (tertiary/aromatic N) is 5. The molecule has 0 atom stereocenters. The summed E-state index contributed by atoms with van der Waals surface area (Å²) in [5.41, 5.74) is 2.11. The van der Waals surface area contributed by atoms with E-state index in [0.717, 1.165) is 60.7 Å². The van der Waals surface area contributed by atoms with Crippen LogP contribution in [0.1, 0.15) is 77.8 Å². The molecule has 3 rings (SSSR count). The van der Waals surface area contributed by atoms with Crippen LogP contribution in [-0.2, 0) is 11.2 Å². The lowest BCUT2D eigenvalue weighted by Crippen LogP contribution is -2.31. The Hall–Kier alpha value is -1.87. The third-order valence-corrected chi connectivity index (χ3v) is 8.36. The lowest BCUT2D eigenvalue weighted by molar-refractivity contribution is -0.138. The van der Waals surface area contributed by atoms with E-state index in [1.54, 1.807) is 13.8 Å². The van der Waals surface area contributed by atoms with E-state index in [0.29, 0.717) is 0 Å². The molecule has 9 heteroatoms. The number of thioether (sulfide) groups is 1. The zero-order valence-electron chi connectivity index (χ0n) is 20.8. The van der Waals surface area contributed by atoms with Crippen molar-refractivity contribution in [1.82, 2.24) is 15.0 Å². The first-order chi connectivity index (χ1) is 16.4. The van der Waals surface area contributed by atoms with Crippen LogP contribution in [-0.4, -0.2) is 57.0 Å². The second-order valence-corrected chi connectivity index (χ2v) is 12.2. The average molecular weight is 506 g/mol. The lowest BCUT2D eigenvalue weighted by Gasteiger charge is -2.29. The van der Waals surface area contributed by atoms with E-state index in [1.807, 2.05) is 17.8 Å². The molecule has 2 aromatic heterocycles. The Morgan fingerprint density at radius 2 is 1.82 bits per heavy atom. The minimum absolute atomic E-state index is 0.785. The molecule has 1 aliphatic rings. The number of piperidine rings is 1. The largest absolute Gasteiger partial charge is 0.480 e. The summed E-state index contributed by atoms with van der Waals surface area (Å²) in [7, 11) is 0. The predicted molar refractivity (Wildman–Crippen MR) is 142 cm³/mol. The minimum Gasteiger partial charge on any atom is -0.480 e. The van der Waals surface area contributed by atoms with Gasteiger partial charge < -0.3 is 14.9 Å². The molecule has 0 unspecified atom stereocenters. The van der Waals surface area contributed by atoms with Crippen LogP contribution >= 0.6 is 23.1 Å². The van der Waals surface area contributed by atoms with E-state index in [2.05, 4.69) is 21.7 Å². The Kier molecular flexibility index (Phi) is 10.4. The van der Waals surface area contributed by atoms with Crippen LogP contribution in [0.25, 0.3) is 0 Å². The van der Waals surface area contributed by atoms with E-state index in [1.165, 1.54) is 68.0 Å². The molecule has 34 heavy (non-hydrogen) atoms. The van der Waals surface area contributed by atoms with Crippen molar-refractivity contribution < 1.29 is 9.90 Å². The summed E-state index contributed by atoms with van der Waals surface area (Å²) in [5, 5.41) is 11.4. The van der Waals surface area contributed by atoms with Gasteiger partial charge in [0.1, 0.15) is 4.75 Å². The molecule has 1 aliphatic heterocycles. The monoisotopic (exact) mass is 505 g/mol. The number of carboxylic acids is 1. The SMILES string of the molecule is CCCCCCCN(CCc1csc(SC(C)(C)C(=O)O)n1)c1ncc(N2CCCCC2)cn1. The number of carbonyl (C=O) groups is 1. The summed E-state index contributed by atoms with van der Waals surface area (Å²) < 4.78 is -0.0838. The molecule has 7 nitrogen and oxygen atoms in total. The molecule has 3 heterocycles. The molecule has 0 saturated carbocycles. The summed E-state index contributed by atoms with van der Waals surface area (Å²) in [4.78, 5) is 30.3. The Labute approximate surface area is 212 Å². The number of hydrogen-bond donors (Lipinski definition) is 1. The standard InChI is InChI=1S/C25H39N5O2S2/c1-4-5-6-7-9-15-30(23-26-17-21(18-27-23)29-13-10-8-11-14-29)16-12-20-19-33-24(28-20)34-25(2,3)22(31)32/h17-19H,4-16H2,1-3H3,(H,31,32). The van der Waals surface area contributed by atoms with Crippen molar-refractivity contribution in [3.8, 4) is 0 Å². The number of hydrogen-bond acceptors (Lipinski definition) is 8. The zero-order chi connectivity index (χ0) is 24.4. The fourth-order valence-electron chi connectivity index (χ4n) is 3.97. The smallest absolute Gasteiger partial charge is 0.319 e.